The second-order valence-corrected chi connectivity index (χ2v) is 5.57. The average molecular weight is 289 g/mol. The van der Waals surface area contributed by atoms with Gasteiger partial charge in [-0.2, -0.15) is 0 Å². The van der Waals surface area contributed by atoms with Gasteiger partial charge in [0, 0.05) is 25.2 Å². The van der Waals surface area contributed by atoms with Crippen molar-refractivity contribution in [3.8, 4) is 11.5 Å². The highest BCUT2D eigenvalue weighted by Gasteiger charge is 2.28. The number of carbonyl (C=O) groups excluding carboxylic acids is 1. The van der Waals surface area contributed by atoms with Gasteiger partial charge in [0.15, 0.2) is 11.5 Å². The molecule has 2 aromatic rings. The first kappa shape index (κ1) is 13.9. The van der Waals surface area contributed by atoms with Crippen LogP contribution in [0.4, 0.5) is 0 Å². The number of piperidine rings is 1. The summed E-state index contributed by atoms with van der Waals surface area (Å²) in [7, 11) is 0. The van der Waals surface area contributed by atoms with E-state index in [2.05, 4.69) is 5.16 Å². The molecule has 0 bridgehead atoms. The van der Waals surface area contributed by atoms with E-state index in [9.17, 15) is 4.79 Å². The molecule has 2 N–H and O–H groups in total. The lowest BCUT2D eigenvalue weighted by Gasteiger charge is -2.34. The third-order valence-electron chi connectivity index (χ3n) is 3.98. The van der Waals surface area contributed by atoms with Crippen molar-refractivity contribution in [3.63, 3.8) is 0 Å². The first-order chi connectivity index (χ1) is 10.1. The number of hydrogen-bond donors (Lipinski definition) is 1. The molecule has 1 fully saturated rings. The second-order valence-electron chi connectivity index (χ2n) is 5.57. The molecule has 0 aromatic carbocycles. The summed E-state index contributed by atoms with van der Waals surface area (Å²) in [4.78, 5) is 14.3. The molecule has 0 saturated carbocycles. The lowest BCUT2D eigenvalue weighted by atomic mass is 9.92. The quantitative estimate of drug-likeness (QED) is 0.935. The molecule has 1 amide bonds. The number of nitrogens with zero attached hydrogens (tertiary/aromatic N) is 2. The summed E-state index contributed by atoms with van der Waals surface area (Å²) in [6.07, 6.45) is 3.59. The minimum absolute atomic E-state index is 0.0941. The Bertz CT molecular complexity index is 603. The molecular weight excluding hydrogens is 270 g/mol. The van der Waals surface area contributed by atoms with Crippen molar-refractivity contribution < 1.29 is 13.7 Å². The van der Waals surface area contributed by atoms with Gasteiger partial charge in [-0.15, -0.1) is 0 Å². The third kappa shape index (κ3) is 2.85. The van der Waals surface area contributed by atoms with E-state index in [-0.39, 0.29) is 11.9 Å². The first-order valence-electron chi connectivity index (χ1n) is 7.20. The number of rotatable bonds is 3. The molecule has 1 aliphatic heterocycles. The summed E-state index contributed by atoms with van der Waals surface area (Å²) in [6.45, 7) is 3.41. The highest BCUT2D eigenvalue weighted by atomic mass is 16.5. The Balaban J connectivity index is 1.73. The van der Waals surface area contributed by atoms with Crippen LogP contribution in [-0.2, 0) is 0 Å². The Morgan fingerprint density at radius 1 is 1.52 bits per heavy atom. The number of nitrogens with two attached hydrogens (primary N) is 1. The summed E-state index contributed by atoms with van der Waals surface area (Å²) in [5, 5.41) is 3.86. The topological polar surface area (TPSA) is 85.5 Å². The first-order valence-corrected chi connectivity index (χ1v) is 7.20. The van der Waals surface area contributed by atoms with E-state index in [4.69, 9.17) is 14.7 Å². The smallest absolute Gasteiger partial charge is 0.276 e. The van der Waals surface area contributed by atoms with Crippen LogP contribution in [0.5, 0.6) is 0 Å². The van der Waals surface area contributed by atoms with Crippen LogP contribution in [0.25, 0.3) is 11.5 Å². The zero-order valence-corrected chi connectivity index (χ0v) is 12.0. The van der Waals surface area contributed by atoms with Crippen LogP contribution >= 0.6 is 0 Å². The molecule has 2 aromatic heterocycles. The van der Waals surface area contributed by atoms with E-state index in [0.29, 0.717) is 29.7 Å². The number of carbonyl (C=O) groups is 1. The highest BCUT2D eigenvalue weighted by Crippen LogP contribution is 2.23. The summed E-state index contributed by atoms with van der Waals surface area (Å²) >= 11 is 0. The molecule has 0 radical (unpaired) electrons. The molecule has 3 rings (SSSR count). The molecule has 1 saturated heterocycles. The van der Waals surface area contributed by atoms with Crippen molar-refractivity contribution in [2.75, 3.05) is 13.1 Å². The summed E-state index contributed by atoms with van der Waals surface area (Å²) < 4.78 is 10.4. The van der Waals surface area contributed by atoms with Crippen molar-refractivity contribution in [2.24, 2.45) is 11.7 Å². The van der Waals surface area contributed by atoms with Gasteiger partial charge in [0.05, 0.1) is 6.26 Å². The van der Waals surface area contributed by atoms with Crippen molar-refractivity contribution in [2.45, 2.75) is 25.8 Å². The van der Waals surface area contributed by atoms with Crippen LogP contribution in [0.1, 0.15) is 30.3 Å². The van der Waals surface area contributed by atoms with E-state index >= 15 is 0 Å². The second kappa shape index (κ2) is 5.73. The van der Waals surface area contributed by atoms with Gasteiger partial charge >= 0.3 is 0 Å². The van der Waals surface area contributed by atoms with Gasteiger partial charge in [-0.05, 0) is 37.8 Å². The molecule has 21 heavy (non-hydrogen) atoms. The number of amides is 1. The van der Waals surface area contributed by atoms with Gasteiger partial charge < -0.3 is 19.6 Å². The van der Waals surface area contributed by atoms with Crippen LogP contribution in [0.3, 0.4) is 0 Å². The Morgan fingerprint density at radius 3 is 3.10 bits per heavy atom. The minimum Gasteiger partial charge on any atom is -0.461 e. The maximum atomic E-state index is 12.5. The summed E-state index contributed by atoms with van der Waals surface area (Å²) in [5.41, 5.74) is 6.26. The molecule has 2 atom stereocenters. The van der Waals surface area contributed by atoms with E-state index in [1.165, 1.54) is 0 Å². The molecule has 3 heterocycles. The number of furan rings is 1. The zero-order chi connectivity index (χ0) is 14.8. The van der Waals surface area contributed by atoms with Gasteiger partial charge in [0.2, 0.25) is 5.76 Å². The largest absolute Gasteiger partial charge is 0.461 e. The lowest BCUT2D eigenvalue weighted by molar-refractivity contribution is 0.0650. The fraction of sp³-hybridized carbons (Fsp3) is 0.467. The van der Waals surface area contributed by atoms with E-state index in [1.807, 2.05) is 6.92 Å². The van der Waals surface area contributed by atoms with Crippen molar-refractivity contribution in [1.29, 1.82) is 0 Å². The fourth-order valence-electron chi connectivity index (χ4n) is 2.70. The Labute approximate surface area is 122 Å². The monoisotopic (exact) mass is 289 g/mol. The normalized spacial score (nSPS) is 20.5. The Kier molecular flexibility index (Phi) is 3.79. The molecule has 6 nitrogen and oxygen atoms in total. The summed E-state index contributed by atoms with van der Waals surface area (Å²) in [6, 6.07) is 5.24. The van der Waals surface area contributed by atoms with Gasteiger partial charge in [-0.1, -0.05) is 5.16 Å². The number of hydrogen-bond acceptors (Lipinski definition) is 5. The standard InChI is InChI=1S/C15H19N3O3/c1-10(16)11-4-2-6-18(9-11)15(19)12-8-14(21-17-12)13-5-3-7-20-13/h3,5,7-8,10-11H,2,4,6,9,16H2,1H3. The van der Waals surface area contributed by atoms with E-state index in [1.54, 1.807) is 29.4 Å². The van der Waals surface area contributed by atoms with E-state index < -0.39 is 0 Å². The van der Waals surface area contributed by atoms with Crippen LogP contribution < -0.4 is 5.73 Å². The maximum Gasteiger partial charge on any atom is 0.276 e. The Morgan fingerprint density at radius 2 is 2.38 bits per heavy atom. The molecular formula is C15H19N3O3. The highest BCUT2D eigenvalue weighted by molar-refractivity contribution is 5.93. The SMILES string of the molecule is CC(N)C1CCCN(C(=O)c2cc(-c3ccco3)on2)C1. The summed E-state index contributed by atoms with van der Waals surface area (Å²) in [5.74, 6) is 1.26. The predicted molar refractivity (Wildman–Crippen MR) is 76.5 cm³/mol. The number of aromatic nitrogens is 1. The van der Waals surface area contributed by atoms with Crippen LogP contribution in [-0.4, -0.2) is 35.1 Å². The minimum atomic E-state index is -0.109. The third-order valence-corrected chi connectivity index (χ3v) is 3.98. The zero-order valence-electron chi connectivity index (χ0n) is 12.0. The van der Waals surface area contributed by atoms with Gasteiger partial charge in [-0.25, -0.2) is 0 Å². The van der Waals surface area contributed by atoms with Crippen molar-refractivity contribution in [1.82, 2.24) is 10.1 Å². The van der Waals surface area contributed by atoms with Gasteiger partial charge in [0.1, 0.15) is 0 Å². The van der Waals surface area contributed by atoms with Crippen molar-refractivity contribution >= 4 is 5.91 Å². The van der Waals surface area contributed by atoms with Crippen molar-refractivity contribution in [3.05, 3.63) is 30.2 Å². The average Bonchev–Trinajstić information content (AvgIpc) is 3.17. The van der Waals surface area contributed by atoms with Crippen LogP contribution in [0.15, 0.2) is 33.4 Å². The van der Waals surface area contributed by atoms with Crippen LogP contribution in [0, 0.1) is 5.92 Å². The van der Waals surface area contributed by atoms with Gasteiger partial charge in [-0.3, -0.25) is 4.79 Å². The maximum absolute atomic E-state index is 12.5. The molecule has 0 spiro atoms. The Hall–Kier alpha value is -2.08. The molecule has 112 valence electrons. The molecule has 0 aliphatic carbocycles. The van der Waals surface area contributed by atoms with E-state index in [0.717, 1.165) is 19.4 Å². The number of likely N-dealkylation sites (tertiary alicyclic amines) is 1. The lowest BCUT2D eigenvalue weighted by Crippen LogP contribution is -2.45. The molecule has 6 heteroatoms. The van der Waals surface area contributed by atoms with Gasteiger partial charge in [0.25, 0.3) is 5.91 Å². The molecule has 1 aliphatic rings. The predicted octanol–water partition coefficient (Wildman–Crippen LogP) is 2.13. The van der Waals surface area contributed by atoms with Crippen LogP contribution in [0.2, 0.25) is 0 Å². The molecule has 2 unspecified atom stereocenters. The fourth-order valence-corrected chi connectivity index (χ4v) is 2.70.